The van der Waals surface area contributed by atoms with Crippen LogP contribution in [0, 0.1) is 0 Å². The van der Waals surface area contributed by atoms with Crippen LogP contribution >= 0.6 is 43.2 Å². The van der Waals surface area contributed by atoms with E-state index >= 15 is 0 Å². The summed E-state index contributed by atoms with van der Waals surface area (Å²) in [6.07, 6.45) is 3.00. The molecule has 1 aromatic heterocycles. The average molecular weight is 369 g/mol. The van der Waals surface area contributed by atoms with Crippen LogP contribution in [0.2, 0.25) is 0 Å². The van der Waals surface area contributed by atoms with Crippen molar-refractivity contribution in [2.45, 2.75) is 38.0 Å². The van der Waals surface area contributed by atoms with Gasteiger partial charge in [0.15, 0.2) is 0 Å². The van der Waals surface area contributed by atoms with Crippen molar-refractivity contribution in [2.24, 2.45) is 0 Å². The molecule has 1 aliphatic heterocycles. The molecule has 1 aliphatic rings. The lowest BCUT2D eigenvalue weighted by atomic mass is 10.1. The quantitative estimate of drug-likeness (QED) is 0.867. The van der Waals surface area contributed by atoms with Gasteiger partial charge in [-0.1, -0.05) is 0 Å². The van der Waals surface area contributed by atoms with E-state index in [2.05, 4.69) is 50.2 Å². The Hall–Kier alpha value is 0.580. The maximum absolute atomic E-state index is 5.93. The highest BCUT2D eigenvalue weighted by Crippen LogP contribution is 2.39. The molecule has 0 saturated carbocycles. The number of nitrogens with one attached hydrogen (secondary N) is 1. The molecule has 0 amide bonds. The maximum Gasteiger partial charge on any atom is 0.0843 e. The molecule has 1 N–H and O–H groups in total. The Labute approximate surface area is 117 Å². The molecule has 0 bridgehead atoms. The van der Waals surface area contributed by atoms with Gasteiger partial charge in [0.05, 0.1) is 22.0 Å². The van der Waals surface area contributed by atoms with E-state index in [-0.39, 0.29) is 0 Å². The molecule has 0 aromatic carbocycles. The first-order chi connectivity index (χ1) is 7.61. The summed E-state index contributed by atoms with van der Waals surface area (Å²) >= 11 is 8.83. The second kappa shape index (κ2) is 5.48. The topological polar surface area (TPSA) is 21.3 Å². The minimum atomic E-state index is 0.303. The first kappa shape index (κ1) is 13.0. The Morgan fingerprint density at radius 2 is 2.25 bits per heavy atom. The molecule has 3 unspecified atom stereocenters. The van der Waals surface area contributed by atoms with Gasteiger partial charge in [0.25, 0.3) is 0 Å². The summed E-state index contributed by atoms with van der Waals surface area (Å²) in [5, 5.41) is 3.37. The van der Waals surface area contributed by atoms with Gasteiger partial charge in [-0.25, -0.2) is 0 Å². The lowest BCUT2D eigenvalue weighted by molar-refractivity contribution is 0.0340. The van der Waals surface area contributed by atoms with Gasteiger partial charge in [0.1, 0.15) is 0 Å². The normalized spacial score (nSPS) is 27.2. The van der Waals surface area contributed by atoms with E-state index in [4.69, 9.17) is 4.74 Å². The van der Waals surface area contributed by atoms with Crippen LogP contribution in [-0.2, 0) is 4.74 Å². The van der Waals surface area contributed by atoms with Crippen LogP contribution in [-0.4, -0.2) is 19.3 Å². The number of hydrogen-bond acceptors (Lipinski definition) is 3. The molecule has 5 heteroatoms. The minimum absolute atomic E-state index is 0.303. The molecule has 2 nitrogen and oxygen atoms in total. The van der Waals surface area contributed by atoms with Crippen LogP contribution in [0.3, 0.4) is 0 Å². The zero-order valence-electron chi connectivity index (χ0n) is 9.30. The fraction of sp³-hybridized carbons (Fsp3) is 0.636. The highest BCUT2D eigenvalue weighted by Gasteiger charge is 2.30. The molecule has 0 aliphatic carbocycles. The number of hydrogen-bond donors (Lipinski definition) is 1. The summed E-state index contributed by atoms with van der Waals surface area (Å²) in [5.41, 5.74) is 0. The van der Waals surface area contributed by atoms with Gasteiger partial charge < -0.3 is 10.1 Å². The summed E-state index contributed by atoms with van der Waals surface area (Å²) in [6, 6.07) is 2.47. The number of thiophene rings is 1. The van der Waals surface area contributed by atoms with Gasteiger partial charge in [-0.15, -0.1) is 11.3 Å². The molecule has 1 saturated heterocycles. The van der Waals surface area contributed by atoms with Crippen molar-refractivity contribution in [3.05, 3.63) is 19.2 Å². The molecule has 2 heterocycles. The van der Waals surface area contributed by atoms with Crippen LogP contribution in [0.5, 0.6) is 0 Å². The standard InChI is InChI=1S/C11H15Br2NOS/c1-6-3-4-8(15-6)10(14-2)9-5-7(12)11(13)16-9/h5-6,8,10,14H,3-4H2,1-2H3. The Morgan fingerprint density at radius 1 is 1.50 bits per heavy atom. The molecule has 3 atom stereocenters. The van der Waals surface area contributed by atoms with Crippen LogP contribution in [0.1, 0.15) is 30.7 Å². The minimum Gasteiger partial charge on any atom is -0.373 e. The number of rotatable bonds is 3. The molecule has 0 radical (unpaired) electrons. The Morgan fingerprint density at radius 3 is 2.69 bits per heavy atom. The Kier molecular flexibility index (Phi) is 4.46. The number of halogens is 2. The van der Waals surface area contributed by atoms with Gasteiger partial charge in [0, 0.05) is 9.35 Å². The molecule has 16 heavy (non-hydrogen) atoms. The largest absolute Gasteiger partial charge is 0.373 e. The monoisotopic (exact) mass is 367 g/mol. The third-order valence-corrected chi connectivity index (χ3v) is 6.26. The molecule has 1 fully saturated rings. The van der Waals surface area contributed by atoms with Crippen molar-refractivity contribution in [2.75, 3.05) is 7.05 Å². The highest BCUT2D eigenvalue weighted by atomic mass is 79.9. The predicted molar refractivity (Wildman–Crippen MR) is 75.1 cm³/mol. The van der Waals surface area contributed by atoms with E-state index in [9.17, 15) is 0 Å². The van der Waals surface area contributed by atoms with Gasteiger partial charge in [-0.05, 0) is 64.7 Å². The zero-order valence-corrected chi connectivity index (χ0v) is 13.3. The van der Waals surface area contributed by atoms with Crippen molar-refractivity contribution in [3.63, 3.8) is 0 Å². The maximum atomic E-state index is 5.93. The molecule has 90 valence electrons. The van der Waals surface area contributed by atoms with Crippen molar-refractivity contribution >= 4 is 43.2 Å². The van der Waals surface area contributed by atoms with Crippen LogP contribution in [0.4, 0.5) is 0 Å². The third-order valence-electron chi connectivity index (χ3n) is 2.92. The summed E-state index contributed by atoms with van der Waals surface area (Å²) in [5.74, 6) is 0. The lowest BCUT2D eigenvalue weighted by Gasteiger charge is -2.21. The number of ether oxygens (including phenoxy) is 1. The summed E-state index contributed by atoms with van der Waals surface area (Å²) < 4.78 is 8.20. The van der Waals surface area contributed by atoms with Crippen LogP contribution < -0.4 is 5.32 Å². The first-order valence-corrected chi connectivity index (χ1v) is 7.79. The van der Waals surface area contributed by atoms with E-state index in [0.29, 0.717) is 18.2 Å². The first-order valence-electron chi connectivity index (χ1n) is 5.39. The van der Waals surface area contributed by atoms with E-state index in [1.54, 1.807) is 11.3 Å². The average Bonchev–Trinajstić information content (AvgIpc) is 2.77. The van der Waals surface area contributed by atoms with E-state index in [0.717, 1.165) is 21.1 Å². The van der Waals surface area contributed by atoms with Crippen molar-refractivity contribution in [3.8, 4) is 0 Å². The van der Waals surface area contributed by atoms with Crippen LogP contribution in [0.25, 0.3) is 0 Å². The lowest BCUT2D eigenvalue weighted by Crippen LogP contribution is -2.28. The smallest absolute Gasteiger partial charge is 0.0843 e. The SMILES string of the molecule is CNC(c1cc(Br)c(Br)s1)C1CCC(C)O1. The van der Waals surface area contributed by atoms with Crippen molar-refractivity contribution in [1.29, 1.82) is 0 Å². The summed E-state index contributed by atoms with van der Waals surface area (Å²) in [4.78, 5) is 1.32. The second-order valence-corrected chi connectivity index (χ2v) is 7.36. The molecule has 0 spiro atoms. The molecule has 2 rings (SSSR count). The summed E-state index contributed by atoms with van der Waals surface area (Å²) in [7, 11) is 2.00. The van der Waals surface area contributed by atoms with Gasteiger partial charge in [-0.3, -0.25) is 0 Å². The van der Waals surface area contributed by atoms with E-state index < -0.39 is 0 Å². The molecular weight excluding hydrogens is 354 g/mol. The predicted octanol–water partition coefficient (Wildman–Crippen LogP) is 4.10. The van der Waals surface area contributed by atoms with Gasteiger partial charge >= 0.3 is 0 Å². The van der Waals surface area contributed by atoms with E-state index in [1.165, 1.54) is 4.88 Å². The fourth-order valence-electron chi connectivity index (χ4n) is 2.11. The highest BCUT2D eigenvalue weighted by molar-refractivity contribution is 9.13. The fourth-order valence-corrected chi connectivity index (χ4v) is 4.36. The molecule has 1 aromatic rings. The van der Waals surface area contributed by atoms with Gasteiger partial charge in [-0.2, -0.15) is 0 Å². The molecular formula is C11H15Br2NOS. The third kappa shape index (κ3) is 2.70. The Balaban J connectivity index is 2.16. The second-order valence-electron chi connectivity index (χ2n) is 4.10. The van der Waals surface area contributed by atoms with E-state index in [1.807, 2.05) is 7.05 Å². The summed E-state index contributed by atoms with van der Waals surface area (Å²) in [6.45, 7) is 2.15. The Bertz CT molecular complexity index is 349. The van der Waals surface area contributed by atoms with Gasteiger partial charge in [0.2, 0.25) is 0 Å². The van der Waals surface area contributed by atoms with Crippen molar-refractivity contribution in [1.82, 2.24) is 5.32 Å². The number of likely N-dealkylation sites (N-methyl/N-ethyl adjacent to an activating group) is 1. The van der Waals surface area contributed by atoms with Crippen LogP contribution in [0.15, 0.2) is 14.3 Å². The zero-order chi connectivity index (χ0) is 11.7. The van der Waals surface area contributed by atoms with Crippen molar-refractivity contribution < 1.29 is 4.74 Å².